The van der Waals surface area contributed by atoms with Gasteiger partial charge < -0.3 is 10.1 Å². The van der Waals surface area contributed by atoms with Gasteiger partial charge in [-0.1, -0.05) is 32.0 Å². The Balaban J connectivity index is 2.23. The summed E-state index contributed by atoms with van der Waals surface area (Å²) in [5.74, 6) is -1.31. The highest BCUT2D eigenvalue weighted by molar-refractivity contribution is 5.39. The molecule has 0 spiro atoms. The molecular weight excluding hydrogens is 272 g/mol. The van der Waals surface area contributed by atoms with Crippen LogP contribution in [0.4, 0.5) is 8.78 Å². The summed E-state index contributed by atoms with van der Waals surface area (Å²) < 4.78 is 33.5. The molecule has 0 aromatic heterocycles. The fourth-order valence-electron chi connectivity index (χ4n) is 1.91. The van der Waals surface area contributed by atoms with E-state index in [-0.39, 0.29) is 11.8 Å². The minimum atomic E-state index is -0.696. The molecule has 0 aliphatic rings. The first-order valence-electron chi connectivity index (χ1n) is 6.92. The number of halogens is 2. The van der Waals surface area contributed by atoms with Crippen molar-refractivity contribution >= 4 is 0 Å². The van der Waals surface area contributed by atoms with Gasteiger partial charge in [0.2, 0.25) is 0 Å². The zero-order valence-electron chi connectivity index (χ0n) is 12.4. The molecule has 2 rings (SSSR count). The molecule has 0 amide bonds. The molecule has 2 nitrogen and oxygen atoms in total. The number of para-hydroxylation sites is 1. The van der Waals surface area contributed by atoms with E-state index in [0.717, 1.165) is 5.56 Å². The van der Waals surface area contributed by atoms with Crippen LogP contribution in [-0.4, -0.2) is 6.04 Å². The Morgan fingerprint density at radius 3 is 2.29 bits per heavy atom. The molecule has 1 N–H and O–H groups in total. The third kappa shape index (κ3) is 4.02. The summed E-state index contributed by atoms with van der Waals surface area (Å²) in [7, 11) is 0. The van der Waals surface area contributed by atoms with Crippen LogP contribution in [0.5, 0.6) is 11.5 Å². The van der Waals surface area contributed by atoms with Crippen LogP contribution in [-0.2, 0) is 6.54 Å². The van der Waals surface area contributed by atoms with E-state index in [1.54, 1.807) is 12.1 Å². The van der Waals surface area contributed by atoms with Gasteiger partial charge >= 0.3 is 0 Å². The summed E-state index contributed by atoms with van der Waals surface area (Å²) in [6, 6.07) is 9.96. The number of hydrogen-bond acceptors (Lipinski definition) is 2. The lowest BCUT2D eigenvalue weighted by Gasteiger charge is -2.13. The first kappa shape index (κ1) is 15.4. The fourth-order valence-corrected chi connectivity index (χ4v) is 1.91. The summed E-state index contributed by atoms with van der Waals surface area (Å²) in [5.41, 5.74) is 1.37. The van der Waals surface area contributed by atoms with Crippen LogP contribution in [0.25, 0.3) is 0 Å². The van der Waals surface area contributed by atoms with E-state index in [1.165, 1.54) is 12.1 Å². The number of nitrogens with one attached hydrogen (secondary N) is 1. The van der Waals surface area contributed by atoms with Gasteiger partial charge in [-0.3, -0.25) is 0 Å². The first-order valence-corrected chi connectivity index (χ1v) is 6.92. The summed E-state index contributed by atoms with van der Waals surface area (Å²) in [6.07, 6.45) is 0. The second-order valence-corrected chi connectivity index (χ2v) is 5.29. The molecule has 2 aromatic rings. The first-order chi connectivity index (χ1) is 9.97. The number of aryl methyl sites for hydroxylation is 1. The second kappa shape index (κ2) is 6.68. The Labute approximate surface area is 123 Å². The van der Waals surface area contributed by atoms with E-state index >= 15 is 0 Å². The van der Waals surface area contributed by atoms with Crippen molar-refractivity contribution in [1.82, 2.24) is 5.32 Å². The summed E-state index contributed by atoms with van der Waals surface area (Å²) in [4.78, 5) is 0. The average molecular weight is 291 g/mol. The standard InChI is InChI=1S/C17H19F2NO/c1-11(2)20-10-13-8-14(18)17(15(19)9-13)21-16-7-5-4-6-12(16)3/h4-9,11,20H,10H2,1-3H3. The molecule has 4 heteroatoms. The predicted molar refractivity (Wildman–Crippen MR) is 79.6 cm³/mol. The van der Waals surface area contributed by atoms with E-state index in [4.69, 9.17) is 4.74 Å². The van der Waals surface area contributed by atoms with Crippen molar-refractivity contribution in [3.05, 3.63) is 59.2 Å². The lowest BCUT2D eigenvalue weighted by molar-refractivity contribution is 0.404. The maximum Gasteiger partial charge on any atom is 0.198 e. The van der Waals surface area contributed by atoms with Crippen molar-refractivity contribution in [3.63, 3.8) is 0 Å². The largest absolute Gasteiger partial charge is 0.451 e. The van der Waals surface area contributed by atoms with Crippen molar-refractivity contribution < 1.29 is 13.5 Å². The SMILES string of the molecule is Cc1ccccc1Oc1c(F)cc(CNC(C)C)cc1F. The minimum Gasteiger partial charge on any atom is -0.451 e. The molecule has 0 saturated heterocycles. The molecule has 0 unspecified atom stereocenters. The van der Waals surface area contributed by atoms with E-state index in [0.29, 0.717) is 17.9 Å². The van der Waals surface area contributed by atoms with Gasteiger partial charge in [0, 0.05) is 12.6 Å². The lowest BCUT2D eigenvalue weighted by atomic mass is 10.2. The van der Waals surface area contributed by atoms with Crippen molar-refractivity contribution in [1.29, 1.82) is 0 Å². The van der Waals surface area contributed by atoms with Gasteiger partial charge in [-0.2, -0.15) is 0 Å². The molecule has 2 aromatic carbocycles. The van der Waals surface area contributed by atoms with Gasteiger partial charge in [-0.15, -0.1) is 0 Å². The van der Waals surface area contributed by atoms with Crippen molar-refractivity contribution in [3.8, 4) is 11.5 Å². The van der Waals surface area contributed by atoms with Gasteiger partial charge in [-0.05, 0) is 36.2 Å². The average Bonchev–Trinajstić information content (AvgIpc) is 2.42. The third-order valence-corrected chi connectivity index (χ3v) is 3.08. The highest BCUT2D eigenvalue weighted by atomic mass is 19.1. The van der Waals surface area contributed by atoms with Crippen LogP contribution in [0.2, 0.25) is 0 Å². The topological polar surface area (TPSA) is 21.3 Å². The molecular formula is C17H19F2NO. The maximum absolute atomic E-state index is 14.1. The van der Waals surface area contributed by atoms with E-state index < -0.39 is 11.6 Å². The predicted octanol–water partition coefficient (Wildman–Crippen LogP) is 4.56. The van der Waals surface area contributed by atoms with Crippen LogP contribution >= 0.6 is 0 Å². The van der Waals surface area contributed by atoms with Gasteiger partial charge in [0.05, 0.1) is 0 Å². The Hall–Kier alpha value is -1.94. The van der Waals surface area contributed by atoms with Gasteiger partial charge in [-0.25, -0.2) is 8.78 Å². The molecule has 0 saturated carbocycles. The zero-order valence-corrected chi connectivity index (χ0v) is 12.4. The Morgan fingerprint density at radius 1 is 1.10 bits per heavy atom. The smallest absolute Gasteiger partial charge is 0.198 e. The normalized spacial score (nSPS) is 11.0. The van der Waals surface area contributed by atoms with Crippen LogP contribution in [0.3, 0.4) is 0 Å². The molecule has 0 fully saturated rings. The van der Waals surface area contributed by atoms with Crippen LogP contribution < -0.4 is 10.1 Å². The Bertz CT molecular complexity index is 603. The monoisotopic (exact) mass is 291 g/mol. The van der Waals surface area contributed by atoms with Crippen LogP contribution in [0.15, 0.2) is 36.4 Å². The number of rotatable bonds is 5. The molecule has 0 bridgehead atoms. The van der Waals surface area contributed by atoms with Gasteiger partial charge in [0.15, 0.2) is 17.4 Å². The zero-order chi connectivity index (χ0) is 15.4. The lowest BCUT2D eigenvalue weighted by Crippen LogP contribution is -2.22. The minimum absolute atomic E-state index is 0.249. The number of benzene rings is 2. The van der Waals surface area contributed by atoms with E-state index in [2.05, 4.69) is 5.32 Å². The molecule has 21 heavy (non-hydrogen) atoms. The number of ether oxygens (including phenoxy) is 1. The molecule has 0 radical (unpaired) electrons. The van der Waals surface area contributed by atoms with Crippen molar-refractivity contribution in [2.75, 3.05) is 0 Å². The summed E-state index contributed by atoms with van der Waals surface area (Å²) >= 11 is 0. The van der Waals surface area contributed by atoms with Crippen molar-refractivity contribution in [2.24, 2.45) is 0 Å². The van der Waals surface area contributed by atoms with E-state index in [1.807, 2.05) is 32.9 Å². The summed E-state index contributed by atoms with van der Waals surface area (Å²) in [6.45, 7) is 6.19. The molecule has 0 aliphatic carbocycles. The highest BCUT2D eigenvalue weighted by Gasteiger charge is 2.14. The highest BCUT2D eigenvalue weighted by Crippen LogP contribution is 2.30. The maximum atomic E-state index is 14.1. The second-order valence-electron chi connectivity index (χ2n) is 5.29. The van der Waals surface area contributed by atoms with Crippen LogP contribution in [0.1, 0.15) is 25.0 Å². The molecule has 0 heterocycles. The summed E-state index contributed by atoms with van der Waals surface area (Å²) in [5, 5.41) is 3.12. The van der Waals surface area contributed by atoms with Gasteiger partial charge in [0.1, 0.15) is 5.75 Å². The Kier molecular flexibility index (Phi) is 4.91. The molecule has 112 valence electrons. The van der Waals surface area contributed by atoms with Crippen molar-refractivity contribution in [2.45, 2.75) is 33.4 Å². The fraction of sp³-hybridized carbons (Fsp3) is 0.294. The van der Waals surface area contributed by atoms with Crippen LogP contribution in [0, 0.1) is 18.6 Å². The third-order valence-electron chi connectivity index (χ3n) is 3.08. The number of hydrogen-bond donors (Lipinski definition) is 1. The Morgan fingerprint density at radius 2 is 1.71 bits per heavy atom. The quantitative estimate of drug-likeness (QED) is 0.871. The molecule has 0 aliphatic heterocycles. The van der Waals surface area contributed by atoms with E-state index in [9.17, 15) is 8.78 Å². The molecule has 0 atom stereocenters. The van der Waals surface area contributed by atoms with Gasteiger partial charge in [0.25, 0.3) is 0 Å².